The van der Waals surface area contributed by atoms with Crippen LogP contribution in [0, 0.1) is 12.7 Å². The van der Waals surface area contributed by atoms with E-state index in [2.05, 4.69) is 0 Å². The van der Waals surface area contributed by atoms with Gasteiger partial charge in [0, 0.05) is 0 Å². The second-order valence-electron chi connectivity index (χ2n) is 4.18. The number of ether oxygens (including phenoxy) is 1. The molecule has 1 N–H and O–H groups in total. The number of carboxylic acid groups (broad SMARTS) is 1. The van der Waals surface area contributed by atoms with Crippen LogP contribution < -0.4 is 4.74 Å². The number of aromatic carboxylic acids is 1. The van der Waals surface area contributed by atoms with Crippen LogP contribution >= 0.6 is 0 Å². The van der Waals surface area contributed by atoms with Gasteiger partial charge in [0.15, 0.2) is 6.10 Å². The van der Waals surface area contributed by atoms with E-state index in [1.54, 1.807) is 19.9 Å². The molecule has 2 rings (SSSR count). The third-order valence-electron chi connectivity index (χ3n) is 2.68. The Hall–Kier alpha value is -2.30. The largest absolute Gasteiger partial charge is 0.483 e. The molecular formula is C14H13FO4. The second kappa shape index (κ2) is 5.14. The van der Waals surface area contributed by atoms with Crippen molar-refractivity contribution in [3.8, 4) is 5.75 Å². The van der Waals surface area contributed by atoms with Crippen LogP contribution in [-0.4, -0.2) is 11.1 Å². The maximum Gasteiger partial charge on any atom is 0.371 e. The Bertz CT molecular complexity index is 603. The van der Waals surface area contributed by atoms with Gasteiger partial charge in [-0.25, -0.2) is 9.18 Å². The lowest BCUT2D eigenvalue weighted by molar-refractivity contribution is 0.0655. The Labute approximate surface area is 109 Å². The van der Waals surface area contributed by atoms with E-state index in [1.807, 2.05) is 0 Å². The fourth-order valence-electron chi connectivity index (χ4n) is 1.68. The fraction of sp³-hybridized carbons (Fsp3) is 0.214. The van der Waals surface area contributed by atoms with E-state index in [9.17, 15) is 9.18 Å². The van der Waals surface area contributed by atoms with Crippen LogP contribution in [0.4, 0.5) is 4.39 Å². The lowest BCUT2D eigenvalue weighted by Gasteiger charge is -2.14. The average Bonchev–Trinajstić information content (AvgIpc) is 2.82. The van der Waals surface area contributed by atoms with Gasteiger partial charge in [0.1, 0.15) is 17.3 Å². The van der Waals surface area contributed by atoms with Crippen molar-refractivity contribution in [2.45, 2.75) is 20.0 Å². The molecule has 0 fully saturated rings. The quantitative estimate of drug-likeness (QED) is 0.917. The smallest absolute Gasteiger partial charge is 0.371 e. The SMILES string of the molecule is Cc1cc(F)ccc1OC(C)c1ccc(C(=O)O)o1. The molecule has 1 aromatic heterocycles. The normalized spacial score (nSPS) is 12.2. The molecule has 0 saturated heterocycles. The van der Waals surface area contributed by atoms with Crippen LogP contribution in [0.1, 0.15) is 34.9 Å². The summed E-state index contributed by atoms with van der Waals surface area (Å²) in [6.07, 6.45) is -0.461. The molecular weight excluding hydrogens is 251 g/mol. The van der Waals surface area contributed by atoms with Crippen molar-refractivity contribution in [2.24, 2.45) is 0 Å². The van der Waals surface area contributed by atoms with Gasteiger partial charge in [0.05, 0.1) is 0 Å². The highest BCUT2D eigenvalue weighted by atomic mass is 19.1. The van der Waals surface area contributed by atoms with Gasteiger partial charge in [-0.3, -0.25) is 0 Å². The van der Waals surface area contributed by atoms with E-state index < -0.39 is 12.1 Å². The molecule has 0 spiro atoms. The summed E-state index contributed by atoms with van der Waals surface area (Å²) in [6, 6.07) is 7.12. The van der Waals surface area contributed by atoms with E-state index >= 15 is 0 Å². The number of hydrogen-bond acceptors (Lipinski definition) is 3. The molecule has 100 valence electrons. The molecule has 0 aliphatic heterocycles. The maximum absolute atomic E-state index is 13.0. The molecule has 0 aliphatic carbocycles. The van der Waals surface area contributed by atoms with Crippen LogP contribution in [0.3, 0.4) is 0 Å². The second-order valence-corrected chi connectivity index (χ2v) is 4.18. The number of carboxylic acids is 1. The number of furan rings is 1. The average molecular weight is 264 g/mol. The van der Waals surface area contributed by atoms with Crippen molar-refractivity contribution < 1.29 is 23.4 Å². The fourth-order valence-corrected chi connectivity index (χ4v) is 1.68. The van der Waals surface area contributed by atoms with Gasteiger partial charge < -0.3 is 14.3 Å². The first-order chi connectivity index (χ1) is 8.97. The number of carbonyl (C=O) groups is 1. The highest BCUT2D eigenvalue weighted by Gasteiger charge is 2.16. The molecule has 0 saturated carbocycles. The summed E-state index contributed by atoms with van der Waals surface area (Å²) in [5, 5.41) is 8.77. The third-order valence-corrected chi connectivity index (χ3v) is 2.68. The molecule has 4 nitrogen and oxygen atoms in total. The summed E-state index contributed by atoms with van der Waals surface area (Å²) in [6.45, 7) is 3.46. The molecule has 1 heterocycles. The Kier molecular flexibility index (Phi) is 3.55. The Balaban J connectivity index is 2.15. The minimum absolute atomic E-state index is 0.138. The van der Waals surface area contributed by atoms with Crippen LogP contribution in [0.25, 0.3) is 0 Å². The van der Waals surface area contributed by atoms with Gasteiger partial charge in [-0.05, 0) is 49.7 Å². The minimum Gasteiger partial charge on any atom is -0.483 e. The van der Waals surface area contributed by atoms with Crippen molar-refractivity contribution in [1.82, 2.24) is 0 Å². The van der Waals surface area contributed by atoms with Crippen LogP contribution in [0.15, 0.2) is 34.7 Å². The van der Waals surface area contributed by atoms with Gasteiger partial charge in [-0.1, -0.05) is 0 Å². The summed E-state index contributed by atoms with van der Waals surface area (Å²) in [7, 11) is 0. The van der Waals surface area contributed by atoms with Gasteiger partial charge in [-0.15, -0.1) is 0 Å². The summed E-state index contributed by atoms with van der Waals surface area (Å²) < 4.78 is 23.7. The van der Waals surface area contributed by atoms with E-state index in [1.165, 1.54) is 24.3 Å². The first kappa shape index (κ1) is 13.1. The van der Waals surface area contributed by atoms with Gasteiger partial charge in [-0.2, -0.15) is 0 Å². The first-order valence-corrected chi connectivity index (χ1v) is 5.73. The molecule has 1 unspecified atom stereocenters. The van der Waals surface area contributed by atoms with E-state index in [0.717, 1.165) is 0 Å². The maximum atomic E-state index is 13.0. The molecule has 0 aliphatic rings. The Morgan fingerprint density at radius 2 is 2.11 bits per heavy atom. The number of rotatable bonds is 4. The molecule has 5 heteroatoms. The summed E-state index contributed by atoms with van der Waals surface area (Å²) in [4.78, 5) is 10.7. The van der Waals surface area contributed by atoms with Crippen LogP contribution in [-0.2, 0) is 0 Å². The number of halogens is 1. The van der Waals surface area contributed by atoms with Gasteiger partial charge in [0.2, 0.25) is 5.76 Å². The Morgan fingerprint density at radius 3 is 2.68 bits per heavy atom. The molecule has 0 amide bonds. The zero-order chi connectivity index (χ0) is 14.0. The standard InChI is InChI=1S/C14H13FO4/c1-8-7-10(15)3-4-11(8)18-9(2)12-5-6-13(19-12)14(16)17/h3-7,9H,1-2H3,(H,16,17). The highest BCUT2D eigenvalue weighted by Crippen LogP contribution is 2.26. The van der Waals surface area contributed by atoms with Gasteiger partial charge >= 0.3 is 5.97 Å². The molecule has 0 radical (unpaired) electrons. The topological polar surface area (TPSA) is 59.7 Å². The molecule has 2 aromatic rings. The summed E-state index contributed by atoms with van der Waals surface area (Å²) in [5.41, 5.74) is 0.664. The lowest BCUT2D eigenvalue weighted by atomic mass is 10.2. The minimum atomic E-state index is -1.13. The van der Waals surface area contributed by atoms with E-state index in [-0.39, 0.29) is 11.6 Å². The monoisotopic (exact) mass is 264 g/mol. The lowest BCUT2D eigenvalue weighted by Crippen LogP contribution is -2.03. The molecule has 19 heavy (non-hydrogen) atoms. The predicted molar refractivity (Wildman–Crippen MR) is 65.8 cm³/mol. The number of aryl methyl sites for hydroxylation is 1. The summed E-state index contributed by atoms with van der Waals surface area (Å²) >= 11 is 0. The predicted octanol–water partition coefficient (Wildman–Crippen LogP) is 3.57. The van der Waals surface area contributed by atoms with Gasteiger partial charge in [0.25, 0.3) is 0 Å². The van der Waals surface area contributed by atoms with Crippen molar-refractivity contribution in [2.75, 3.05) is 0 Å². The molecule has 1 atom stereocenters. The summed E-state index contributed by atoms with van der Waals surface area (Å²) in [5.74, 6) is -0.662. The first-order valence-electron chi connectivity index (χ1n) is 5.73. The number of hydrogen-bond donors (Lipinski definition) is 1. The van der Waals surface area contributed by atoms with Crippen LogP contribution in [0.5, 0.6) is 5.75 Å². The molecule has 0 bridgehead atoms. The van der Waals surface area contributed by atoms with E-state index in [4.69, 9.17) is 14.3 Å². The van der Waals surface area contributed by atoms with Crippen molar-refractivity contribution in [3.63, 3.8) is 0 Å². The molecule has 1 aromatic carbocycles. The van der Waals surface area contributed by atoms with Crippen molar-refractivity contribution in [3.05, 3.63) is 53.2 Å². The van der Waals surface area contributed by atoms with Crippen molar-refractivity contribution >= 4 is 5.97 Å². The van der Waals surface area contributed by atoms with E-state index in [0.29, 0.717) is 17.1 Å². The van der Waals surface area contributed by atoms with Crippen LogP contribution in [0.2, 0.25) is 0 Å². The number of benzene rings is 1. The highest BCUT2D eigenvalue weighted by molar-refractivity contribution is 5.84. The van der Waals surface area contributed by atoms with Crippen molar-refractivity contribution in [1.29, 1.82) is 0 Å². The Morgan fingerprint density at radius 1 is 1.37 bits per heavy atom. The third kappa shape index (κ3) is 2.93. The zero-order valence-corrected chi connectivity index (χ0v) is 10.5. The zero-order valence-electron chi connectivity index (χ0n) is 10.5.